The van der Waals surface area contributed by atoms with Crippen LogP contribution in [-0.2, 0) is 4.79 Å². The van der Waals surface area contributed by atoms with Crippen molar-refractivity contribution in [1.29, 1.82) is 0 Å². The quantitative estimate of drug-likeness (QED) is 0.604. The van der Waals surface area contributed by atoms with Gasteiger partial charge in [0.25, 0.3) is 0 Å². The second-order valence-electron chi connectivity index (χ2n) is 3.22. The van der Waals surface area contributed by atoms with Gasteiger partial charge in [-0.25, -0.2) is 0 Å². The second kappa shape index (κ2) is 4.72. The third-order valence-corrected chi connectivity index (χ3v) is 2.71. The summed E-state index contributed by atoms with van der Waals surface area (Å²) in [7, 11) is 0. The lowest BCUT2D eigenvalue weighted by Crippen LogP contribution is -2.40. The Hall–Kier alpha value is -0.220. The molecule has 0 aromatic rings. The van der Waals surface area contributed by atoms with E-state index in [4.69, 9.17) is 5.73 Å². The predicted octanol–water partition coefficient (Wildman–Crippen LogP) is 0.113. The molecule has 1 aliphatic rings. The number of nitrogens with zero attached hydrogens (tertiary/aromatic N) is 1. The van der Waals surface area contributed by atoms with Crippen molar-refractivity contribution in [2.24, 2.45) is 11.7 Å². The summed E-state index contributed by atoms with van der Waals surface area (Å²) in [6.45, 7) is 2.48. The first-order chi connectivity index (χ1) is 5.77. The summed E-state index contributed by atoms with van der Waals surface area (Å²) in [4.78, 5) is 13.1. The molecule has 3 nitrogen and oxygen atoms in total. The van der Waals surface area contributed by atoms with Crippen molar-refractivity contribution >= 4 is 18.5 Å². The van der Waals surface area contributed by atoms with Crippen molar-refractivity contribution < 1.29 is 4.79 Å². The van der Waals surface area contributed by atoms with Crippen LogP contribution in [0.15, 0.2) is 0 Å². The maximum Gasteiger partial charge on any atom is 0.232 e. The van der Waals surface area contributed by atoms with Gasteiger partial charge in [-0.2, -0.15) is 12.6 Å². The molecule has 70 valence electrons. The summed E-state index contributed by atoms with van der Waals surface area (Å²) in [6.07, 6.45) is 2.10. The highest BCUT2D eigenvalue weighted by molar-refractivity contribution is 7.81. The zero-order valence-corrected chi connectivity index (χ0v) is 8.09. The number of thiol groups is 1. The fourth-order valence-corrected chi connectivity index (χ4v) is 1.72. The maximum atomic E-state index is 11.2. The highest BCUT2D eigenvalue weighted by atomic mass is 32.1. The molecule has 0 aliphatic carbocycles. The van der Waals surface area contributed by atoms with Gasteiger partial charge >= 0.3 is 0 Å². The first kappa shape index (κ1) is 9.86. The molecule has 12 heavy (non-hydrogen) atoms. The van der Waals surface area contributed by atoms with E-state index in [9.17, 15) is 4.79 Å². The van der Waals surface area contributed by atoms with Crippen LogP contribution in [0, 0.1) is 5.92 Å². The Morgan fingerprint density at radius 3 is 2.50 bits per heavy atom. The molecule has 1 heterocycles. The minimum absolute atomic E-state index is 0.147. The Bertz CT molecular complexity index is 155. The van der Waals surface area contributed by atoms with Crippen LogP contribution < -0.4 is 5.73 Å². The number of piperidine rings is 1. The van der Waals surface area contributed by atoms with Gasteiger partial charge in [0, 0.05) is 13.1 Å². The van der Waals surface area contributed by atoms with E-state index in [1.54, 1.807) is 0 Å². The molecule has 1 rings (SSSR count). The number of carbonyl (C=O) groups excluding carboxylic acids is 1. The Morgan fingerprint density at radius 2 is 2.08 bits per heavy atom. The largest absolute Gasteiger partial charge is 0.342 e. The van der Waals surface area contributed by atoms with Gasteiger partial charge in [0.1, 0.15) is 0 Å². The first-order valence-corrected chi connectivity index (χ1v) is 5.00. The van der Waals surface area contributed by atoms with Crippen molar-refractivity contribution in [3.63, 3.8) is 0 Å². The molecule has 0 atom stereocenters. The third kappa shape index (κ3) is 2.38. The minimum atomic E-state index is 0.147. The lowest BCUT2D eigenvalue weighted by atomic mass is 9.97. The normalized spacial score (nSPS) is 19.7. The van der Waals surface area contributed by atoms with Crippen LogP contribution >= 0.6 is 12.6 Å². The van der Waals surface area contributed by atoms with Gasteiger partial charge in [-0.05, 0) is 25.3 Å². The molecule has 0 aromatic heterocycles. The summed E-state index contributed by atoms with van der Waals surface area (Å²) in [6, 6.07) is 0. The molecular formula is C8H16N2OS. The minimum Gasteiger partial charge on any atom is -0.342 e. The fraction of sp³-hybridized carbons (Fsp3) is 0.875. The van der Waals surface area contributed by atoms with Crippen LogP contribution in [0.3, 0.4) is 0 Å². The highest BCUT2D eigenvalue weighted by Gasteiger charge is 2.20. The summed E-state index contributed by atoms with van der Waals surface area (Å²) >= 11 is 3.96. The molecule has 0 bridgehead atoms. The van der Waals surface area contributed by atoms with E-state index in [2.05, 4.69) is 12.6 Å². The van der Waals surface area contributed by atoms with Crippen molar-refractivity contribution in [2.45, 2.75) is 12.8 Å². The van der Waals surface area contributed by atoms with E-state index in [1.807, 2.05) is 4.90 Å². The van der Waals surface area contributed by atoms with Crippen LogP contribution in [0.1, 0.15) is 12.8 Å². The van der Waals surface area contributed by atoms with Crippen LogP contribution in [0.4, 0.5) is 0 Å². The van der Waals surface area contributed by atoms with Gasteiger partial charge in [-0.3, -0.25) is 4.79 Å². The van der Waals surface area contributed by atoms with Crippen LogP contribution in [0.25, 0.3) is 0 Å². The van der Waals surface area contributed by atoms with Gasteiger partial charge in [0.15, 0.2) is 0 Å². The lowest BCUT2D eigenvalue weighted by molar-refractivity contribution is -0.129. The van der Waals surface area contributed by atoms with Gasteiger partial charge in [0.2, 0.25) is 5.91 Å². The van der Waals surface area contributed by atoms with Gasteiger partial charge < -0.3 is 10.6 Å². The molecule has 1 aliphatic heterocycles. The van der Waals surface area contributed by atoms with Crippen LogP contribution in [0.2, 0.25) is 0 Å². The fourth-order valence-electron chi connectivity index (χ4n) is 1.52. The Labute approximate surface area is 78.7 Å². The van der Waals surface area contributed by atoms with Crippen molar-refractivity contribution in [3.05, 3.63) is 0 Å². The molecule has 0 radical (unpaired) electrons. The maximum absolute atomic E-state index is 11.2. The number of likely N-dealkylation sites (tertiary alicyclic amines) is 1. The summed E-state index contributed by atoms with van der Waals surface area (Å²) in [5.41, 5.74) is 5.54. The van der Waals surface area contributed by atoms with Crippen molar-refractivity contribution in [3.8, 4) is 0 Å². The van der Waals surface area contributed by atoms with E-state index < -0.39 is 0 Å². The summed E-state index contributed by atoms with van der Waals surface area (Å²) in [5, 5.41) is 0. The molecule has 2 N–H and O–H groups in total. The van der Waals surface area contributed by atoms with Crippen LogP contribution in [0.5, 0.6) is 0 Å². The van der Waals surface area contributed by atoms with Gasteiger partial charge in [0.05, 0.1) is 5.75 Å². The summed E-state index contributed by atoms with van der Waals surface area (Å²) in [5.74, 6) is 1.09. The molecule has 1 saturated heterocycles. The second-order valence-corrected chi connectivity index (χ2v) is 3.53. The molecule has 0 aromatic carbocycles. The van der Waals surface area contributed by atoms with Gasteiger partial charge in [-0.15, -0.1) is 0 Å². The Kier molecular flexibility index (Phi) is 3.88. The zero-order valence-electron chi connectivity index (χ0n) is 7.20. The number of amides is 1. The topological polar surface area (TPSA) is 46.3 Å². The standard InChI is InChI=1S/C8H16N2OS/c9-5-7-1-3-10(4-2-7)8(11)6-12/h7,12H,1-6,9H2. The number of carbonyl (C=O) groups is 1. The average Bonchev–Trinajstić information content (AvgIpc) is 2.17. The van der Waals surface area contributed by atoms with E-state index in [1.165, 1.54) is 0 Å². The molecule has 4 heteroatoms. The third-order valence-electron chi connectivity index (χ3n) is 2.44. The van der Waals surface area contributed by atoms with Crippen molar-refractivity contribution in [2.75, 3.05) is 25.4 Å². The monoisotopic (exact) mass is 188 g/mol. The van der Waals surface area contributed by atoms with Gasteiger partial charge in [-0.1, -0.05) is 0 Å². The van der Waals surface area contributed by atoms with Crippen LogP contribution in [-0.4, -0.2) is 36.2 Å². The van der Waals surface area contributed by atoms with E-state index in [0.717, 1.165) is 32.5 Å². The molecular weight excluding hydrogens is 172 g/mol. The Balaban J connectivity index is 2.30. The predicted molar refractivity (Wildman–Crippen MR) is 52.2 cm³/mol. The Morgan fingerprint density at radius 1 is 1.50 bits per heavy atom. The molecule has 0 spiro atoms. The average molecular weight is 188 g/mol. The molecule has 1 fully saturated rings. The summed E-state index contributed by atoms with van der Waals surface area (Å²) < 4.78 is 0. The number of hydrogen-bond acceptors (Lipinski definition) is 3. The number of hydrogen-bond donors (Lipinski definition) is 2. The van der Waals surface area contributed by atoms with E-state index in [-0.39, 0.29) is 5.91 Å². The zero-order chi connectivity index (χ0) is 8.97. The lowest BCUT2D eigenvalue weighted by Gasteiger charge is -2.31. The van der Waals surface area contributed by atoms with E-state index in [0.29, 0.717) is 11.7 Å². The number of rotatable bonds is 2. The highest BCUT2D eigenvalue weighted by Crippen LogP contribution is 2.15. The molecule has 0 saturated carbocycles. The molecule has 0 unspecified atom stereocenters. The smallest absolute Gasteiger partial charge is 0.232 e. The number of nitrogens with two attached hydrogens (primary N) is 1. The van der Waals surface area contributed by atoms with Crippen molar-refractivity contribution in [1.82, 2.24) is 4.90 Å². The molecule has 1 amide bonds. The van der Waals surface area contributed by atoms with E-state index >= 15 is 0 Å². The SMILES string of the molecule is NCC1CCN(C(=O)CS)CC1. The first-order valence-electron chi connectivity index (χ1n) is 4.36.